The predicted molar refractivity (Wildman–Crippen MR) is 86.8 cm³/mol. The van der Waals surface area contributed by atoms with Crippen molar-refractivity contribution in [3.63, 3.8) is 0 Å². The number of unbranched alkanes of at least 4 members (excludes halogenated alkanes) is 1. The van der Waals surface area contributed by atoms with Crippen molar-refractivity contribution in [2.75, 3.05) is 12.3 Å². The highest BCUT2D eigenvalue weighted by molar-refractivity contribution is 7.89. The number of nitrogens with two attached hydrogens (primary N) is 1. The first-order valence-corrected chi connectivity index (χ1v) is 10.1. The van der Waals surface area contributed by atoms with Crippen molar-refractivity contribution in [1.82, 2.24) is 9.62 Å². The Kier molecular flexibility index (Phi) is 6.23. The van der Waals surface area contributed by atoms with Gasteiger partial charge in [0.25, 0.3) is 0 Å². The lowest BCUT2D eigenvalue weighted by molar-refractivity contribution is -0.125. The van der Waals surface area contributed by atoms with Gasteiger partial charge in [0.2, 0.25) is 15.9 Å². The van der Waals surface area contributed by atoms with Crippen LogP contribution in [0.5, 0.6) is 0 Å². The second kappa shape index (κ2) is 7.75. The first-order valence-electron chi connectivity index (χ1n) is 8.49. The Bertz CT molecular complexity index is 472. The summed E-state index contributed by atoms with van der Waals surface area (Å²) in [7, 11) is -3.31. The number of nitrogens with one attached hydrogen (secondary N) is 1. The van der Waals surface area contributed by atoms with Gasteiger partial charge in [-0.3, -0.25) is 4.79 Å². The van der Waals surface area contributed by atoms with Crippen molar-refractivity contribution in [2.45, 2.75) is 76.4 Å². The van der Waals surface area contributed by atoms with Crippen LogP contribution < -0.4 is 11.1 Å². The highest BCUT2D eigenvalue weighted by Crippen LogP contribution is 2.23. The van der Waals surface area contributed by atoms with Gasteiger partial charge >= 0.3 is 0 Å². The molecule has 0 aromatic rings. The third kappa shape index (κ3) is 4.43. The summed E-state index contributed by atoms with van der Waals surface area (Å²) in [5.41, 5.74) is 5.88. The first kappa shape index (κ1) is 17.7. The minimum absolute atomic E-state index is 0.127. The van der Waals surface area contributed by atoms with Crippen molar-refractivity contribution >= 4 is 15.9 Å². The molecule has 0 radical (unpaired) electrons. The second-order valence-corrected chi connectivity index (χ2v) is 8.60. The number of hydrogen-bond acceptors (Lipinski definition) is 4. The summed E-state index contributed by atoms with van der Waals surface area (Å²) in [5, 5.41) is 3.04. The third-order valence-electron chi connectivity index (χ3n) is 4.74. The van der Waals surface area contributed by atoms with Gasteiger partial charge in [0.05, 0.1) is 5.75 Å². The molecule has 1 unspecified atom stereocenters. The predicted octanol–water partition coefficient (Wildman–Crippen LogP) is 0.967. The maximum absolute atomic E-state index is 12.5. The van der Waals surface area contributed by atoms with E-state index in [-0.39, 0.29) is 23.7 Å². The second-order valence-electron chi connectivity index (χ2n) is 6.56. The Labute approximate surface area is 133 Å². The van der Waals surface area contributed by atoms with Crippen LogP contribution in [-0.2, 0) is 14.8 Å². The molecule has 0 spiro atoms. The van der Waals surface area contributed by atoms with Crippen LogP contribution in [-0.4, -0.2) is 49.1 Å². The Morgan fingerprint density at radius 1 is 1.23 bits per heavy atom. The molecular weight excluding hydrogens is 302 g/mol. The van der Waals surface area contributed by atoms with Crippen LogP contribution in [0.2, 0.25) is 0 Å². The van der Waals surface area contributed by atoms with E-state index in [4.69, 9.17) is 5.73 Å². The van der Waals surface area contributed by atoms with Gasteiger partial charge in [0.1, 0.15) is 6.04 Å². The van der Waals surface area contributed by atoms with Gasteiger partial charge in [0, 0.05) is 18.6 Å². The fourth-order valence-electron chi connectivity index (χ4n) is 3.34. The molecule has 0 aromatic heterocycles. The van der Waals surface area contributed by atoms with Gasteiger partial charge in [-0.05, 0) is 44.9 Å². The normalized spacial score (nSPS) is 30.4. The zero-order valence-electron chi connectivity index (χ0n) is 13.5. The number of rotatable bonds is 6. The van der Waals surface area contributed by atoms with Crippen LogP contribution in [0.25, 0.3) is 0 Å². The zero-order chi connectivity index (χ0) is 16.2. The molecule has 0 aromatic carbocycles. The van der Waals surface area contributed by atoms with Crippen LogP contribution in [0.1, 0.15) is 58.3 Å². The summed E-state index contributed by atoms with van der Waals surface area (Å²) in [5.74, 6) is 0.0176. The molecule has 2 aliphatic rings. The summed E-state index contributed by atoms with van der Waals surface area (Å²) in [6, 6.07) is -0.129. The van der Waals surface area contributed by atoms with E-state index in [9.17, 15) is 13.2 Å². The standard InChI is InChI=1S/C15H29N3O3S/c1-2-3-11-22(20,21)18-10-4-5-14(18)15(19)17-13-8-6-12(16)7-9-13/h12-14H,2-11,16H2,1H3,(H,17,19). The number of sulfonamides is 1. The molecule has 1 aliphatic heterocycles. The maximum Gasteiger partial charge on any atom is 0.238 e. The SMILES string of the molecule is CCCCS(=O)(=O)N1CCCC1C(=O)NC1CCC(N)CC1. The van der Waals surface area contributed by atoms with Gasteiger partial charge in [-0.1, -0.05) is 13.3 Å². The Hall–Kier alpha value is -0.660. The minimum Gasteiger partial charge on any atom is -0.352 e. The Morgan fingerprint density at radius 2 is 1.91 bits per heavy atom. The molecule has 0 bridgehead atoms. The van der Waals surface area contributed by atoms with Crippen molar-refractivity contribution < 1.29 is 13.2 Å². The van der Waals surface area contributed by atoms with E-state index in [1.165, 1.54) is 4.31 Å². The van der Waals surface area contributed by atoms with Gasteiger partial charge in [-0.2, -0.15) is 4.31 Å². The Morgan fingerprint density at radius 3 is 2.55 bits per heavy atom. The van der Waals surface area contributed by atoms with Crippen molar-refractivity contribution in [3.8, 4) is 0 Å². The molecule has 1 saturated carbocycles. The molecule has 1 atom stereocenters. The highest BCUT2D eigenvalue weighted by Gasteiger charge is 2.38. The largest absolute Gasteiger partial charge is 0.352 e. The molecule has 1 amide bonds. The van der Waals surface area contributed by atoms with E-state index in [1.807, 2.05) is 6.92 Å². The number of carbonyl (C=O) groups is 1. The fraction of sp³-hybridized carbons (Fsp3) is 0.933. The maximum atomic E-state index is 12.5. The van der Waals surface area contributed by atoms with Crippen molar-refractivity contribution in [1.29, 1.82) is 0 Å². The van der Waals surface area contributed by atoms with E-state index in [2.05, 4.69) is 5.32 Å². The summed E-state index contributed by atoms with van der Waals surface area (Å²) in [6.45, 7) is 2.44. The number of carbonyl (C=O) groups excluding carboxylic acids is 1. The lowest BCUT2D eigenvalue weighted by Gasteiger charge is -2.29. The van der Waals surface area contributed by atoms with Crippen LogP contribution in [0.3, 0.4) is 0 Å². The number of hydrogen-bond donors (Lipinski definition) is 2. The van der Waals surface area contributed by atoms with E-state index < -0.39 is 16.1 Å². The number of amides is 1. The summed E-state index contributed by atoms with van der Waals surface area (Å²) >= 11 is 0. The molecule has 7 heteroatoms. The van der Waals surface area contributed by atoms with Gasteiger partial charge < -0.3 is 11.1 Å². The van der Waals surface area contributed by atoms with E-state index >= 15 is 0 Å². The van der Waals surface area contributed by atoms with Crippen LogP contribution in [0, 0.1) is 0 Å². The molecule has 6 nitrogen and oxygen atoms in total. The van der Waals surface area contributed by atoms with Gasteiger partial charge in [0.15, 0.2) is 0 Å². The molecule has 2 rings (SSSR count). The Balaban J connectivity index is 1.93. The molecule has 1 saturated heterocycles. The highest BCUT2D eigenvalue weighted by atomic mass is 32.2. The molecule has 22 heavy (non-hydrogen) atoms. The van der Waals surface area contributed by atoms with Crippen LogP contribution >= 0.6 is 0 Å². The van der Waals surface area contributed by atoms with Gasteiger partial charge in [-0.25, -0.2) is 8.42 Å². The molecule has 3 N–H and O–H groups in total. The molecular formula is C15H29N3O3S. The quantitative estimate of drug-likeness (QED) is 0.758. The topological polar surface area (TPSA) is 92.5 Å². The van der Waals surface area contributed by atoms with E-state index in [0.717, 1.165) is 38.5 Å². The molecule has 1 heterocycles. The molecule has 1 aliphatic carbocycles. The van der Waals surface area contributed by atoms with Gasteiger partial charge in [-0.15, -0.1) is 0 Å². The first-order chi connectivity index (χ1) is 10.4. The smallest absolute Gasteiger partial charge is 0.238 e. The zero-order valence-corrected chi connectivity index (χ0v) is 14.3. The molecule has 128 valence electrons. The van der Waals surface area contributed by atoms with Crippen LogP contribution in [0.4, 0.5) is 0 Å². The lowest BCUT2D eigenvalue weighted by Crippen LogP contribution is -2.50. The van der Waals surface area contributed by atoms with Crippen molar-refractivity contribution in [2.24, 2.45) is 5.73 Å². The summed E-state index contributed by atoms with van der Waals surface area (Å²) < 4.78 is 26.2. The van der Waals surface area contributed by atoms with E-state index in [1.54, 1.807) is 0 Å². The third-order valence-corrected chi connectivity index (χ3v) is 6.69. The molecule has 2 fully saturated rings. The fourth-order valence-corrected chi connectivity index (χ4v) is 5.22. The summed E-state index contributed by atoms with van der Waals surface area (Å²) in [6.07, 6.45) is 6.51. The monoisotopic (exact) mass is 331 g/mol. The van der Waals surface area contributed by atoms with Crippen molar-refractivity contribution in [3.05, 3.63) is 0 Å². The number of nitrogens with zero attached hydrogens (tertiary/aromatic N) is 1. The summed E-state index contributed by atoms with van der Waals surface area (Å²) in [4.78, 5) is 12.5. The average Bonchev–Trinajstić information content (AvgIpc) is 2.98. The lowest BCUT2D eigenvalue weighted by atomic mass is 9.91. The van der Waals surface area contributed by atoms with Crippen LogP contribution in [0.15, 0.2) is 0 Å². The minimum atomic E-state index is -3.31. The average molecular weight is 331 g/mol. The van der Waals surface area contributed by atoms with E-state index in [0.29, 0.717) is 19.4 Å².